The summed E-state index contributed by atoms with van der Waals surface area (Å²) >= 11 is 12.3. The van der Waals surface area contributed by atoms with Crippen molar-refractivity contribution in [1.29, 1.82) is 0 Å². The second-order valence-corrected chi connectivity index (χ2v) is 10.2. The standard InChI is InChI=1S/C24H26Cl2F3N3O2/c1-22(2,30)13-31-20(33)19(11-14-3-5-15(6-4-14)24(27,28)29)32-21(34)23(9-10-23)17-8-7-16(25)12-18(17)26/h3-8,12,19H,9-11,13,30H2,1-2H3,(H,31,33)(H,32,34). The van der Waals surface area contributed by atoms with Gasteiger partial charge in [0.25, 0.3) is 0 Å². The Kier molecular flexibility index (Phi) is 7.55. The van der Waals surface area contributed by atoms with Gasteiger partial charge in [-0.15, -0.1) is 0 Å². The van der Waals surface area contributed by atoms with Crippen molar-refractivity contribution in [2.45, 2.75) is 56.3 Å². The van der Waals surface area contributed by atoms with Crippen LogP contribution in [0.1, 0.15) is 43.4 Å². The zero-order chi connectivity index (χ0) is 25.3. The molecule has 1 fully saturated rings. The molecule has 3 rings (SSSR count). The smallest absolute Gasteiger partial charge is 0.352 e. The summed E-state index contributed by atoms with van der Waals surface area (Å²) in [5, 5.41) is 6.29. The quantitative estimate of drug-likeness (QED) is 0.479. The van der Waals surface area contributed by atoms with E-state index in [4.69, 9.17) is 28.9 Å². The van der Waals surface area contributed by atoms with E-state index in [1.54, 1.807) is 32.0 Å². The summed E-state index contributed by atoms with van der Waals surface area (Å²) in [6.45, 7) is 3.62. The average molecular weight is 516 g/mol. The van der Waals surface area contributed by atoms with E-state index in [-0.39, 0.29) is 18.9 Å². The molecule has 0 aliphatic heterocycles. The number of halogens is 5. The van der Waals surface area contributed by atoms with Crippen LogP contribution in [-0.4, -0.2) is 29.9 Å². The molecule has 184 valence electrons. The van der Waals surface area contributed by atoms with Gasteiger partial charge in [-0.25, -0.2) is 0 Å². The highest BCUT2D eigenvalue weighted by molar-refractivity contribution is 6.35. The minimum absolute atomic E-state index is 0.00510. The second kappa shape index (κ2) is 9.76. The maximum Gasteiger partial charge on any atom is 0.416 e. The van der Waals surface area contributed by atoms with Gasteiger partial charge in [-0.05, 0) is 62.1 Å². The van der Waals surface area contributed by atoms with Gasteiger partial charge < -0.3 is 16.4 Å². The maximum atomic E-state index is 13.3. The molecule has 2 aromatic carbocycles. The first-order chi connectivity index (χ1) is 15.7. The summed E-state index contributed by atoms with van der Waals surface area (Å²) in [6, 6.07) is 8.37. The van der Waals surface area contributed by atoms with E-state index in [0.717, 1.165) is 12.1 Å². The second-order valence-electron chi connectivity index (χ2n) is 9.34. The molecule has 2 aromatic rings. The van der Waals surface area contributed by atoms with Crippen LogP contribution < -0.4 is 16.4 Å². The number of rotatable bonds is 8. The highest BCUT2D eigenvalue weighted by Gasteiger charge is 2.53. The Hall–Kier alpha value is -2.29. The lowest BCUT2D eigenvalue weighted by molar-refractivity contribution is -0.137. The van der Waals surface area contributed by atoms with E-state index >= 15 is 0 Å². The Bertz CT molecular complexity index is 1060. The molecular formula is C24H26Cl2F3N3O2. The van der Waals surface area contributed by atoms with Crippen LogP contribution in [-0.2, 0) is 27.6 Å². The van der Waals surface area contributed by atoms with Gasteiger partial charge in [-0.1, -0.05) is 41.4 Å². The first kappa shape index (κ1) is 26.3. The first-order valence-corrected chi connectivity index (χ1v) is 11.5. The Morgan fingerprint density at radius 1 is 1.09 bits per heavy atom. The third kappa shape index (κ3) is 6.43. The molecule has 0 radical (unpaired) electrons. The Morgan fingerprint density at radius 2 is 1.71 bits per heavy atom. The maximum absolute atomic E-state index is 13.3. The zero-order valence-corrected chi connectivity index (χ0v) is 20.2. The van der Waals surface area contributed by atoms with Crippen molar-refractivity contribution >= 4 is 35.0 Å². The summed E-state index contributed by atoms with van der Waals surface area (Å²) in [5.74, 6) is -0.861. The fraction of sp³-hybridized carbons (Fsp3) is 0.417. The van der Waals surface area contributed by atoms with E-state index < -0.39 is 34.6 Å². The van der Waals surface area contributed by atoms with Crippen LogP contribution in [0.5, 0.6) is 0 Å². The molecule has 2 amide bonds. The largest absolute Gasteiger partial charge is 0.416 e. The molecule has 0 bridgehead atoms. The van der Waals surface area contributed by atoms with E-state index in [2.05, 4.69) is 10.6 Å². The van der Waals surface area contributed by atoms with Gasteiger partial charge >= 0.3 is 6.18 Å². The van der Waals surface area contributed by atoms with Crippen LogP contribution in [0.2, 0.25) is 10.0 Å². The Morgan fingerprint density at radius 3 is 2.21 bits per heavy atom. The predicted octanol–water partition coefficient (Wildman–Crippen LogP) is 4.62. The molecule has 1 aliphatic rings. The summed E-state index contributed by atoms with van der Waals surface area (Å²) < 4.78 is 38.7. The van der Waals surface area contributed by atoms with E-state index in [1.165, 1.54) is 12.1 Å². The molecule has 34 heavy (non-hydrogen) atoms. The average Bonchev–Trinajstić information content (AvgIpc) is 3.52. The monoisotopic (exact) mass is 515 g/mol. The number of benzene rings is 2. The van der Waals surface area contributed by atoms with Gasteiger partial charge in [0.1, 0.15) is 6.04 Å². The highest BCUT2D eigenvalue weighted by atomic mass is 35.5. The predicted molar refractivity (Wildman–Crippen MR) is 126 cm³/mol. The molecular weight excluding hydrogens is 490 g/mol. The normalized spacial score (nSPS) is 16.0. The zero-order valence-electron chi connectivity index (χ0n) is 18.7. The number of nitrogens with one attached hydrogen (secondary N) is 2. The lowest BCUT2D eigenvalue weighted by Crippen LogP contribution is -2.54. The van der Waals surface area contributed by atoms with Crippen LogP contribution in [0, 0.1) is 0 Å². The number of hydrogen-bond donors (Lipinski definition) is 3. The van der Waals surface area contributed by atoms with Crippen molar-refractivity contribution in [3.05, 3.63) is 69.2 Å². The summed E-state index contributed by atoms with van der Waals surface area (Å²) in [7, 11) is 0. The van der Waals surface area contributed by atoms with Gasteiger partial charge in [0.2, 0.25) is 11.8 Å². The molecule has 1 aliphatic carbocycles. The van der Waals surface area contributed by atoms with E-state index in [1.807, 2.05) is 0 Å². The minimum atomic E-state index is -4.47. The van der Waals surface area contributed by atoms with Crippen molar-refractivity contribution in [1.82, 2.24) is 10.6 Å². The molecule has 5 nitrogen and oxygen atoms in total. The van der Waals surface area contributed by atoms with Crippen molar-refractivity contribution < 1.29 is 22.8 Å². The van der Waals surface area contributed by atoms with Crippen LogP contribution in [0.3, 0.4) is 0 Å². The number of amides is 2. The van der Waals surface area contributed by atoms with Crippen LogP contribution in [0.4, 0.5) is 13.2 Å². The van der Waals surface area contributed by atoms with Gasteiger partial charge in [0.05, 0.1) is 11.0 Å². The molecule has 0 heterocycles. The molecule has 1 unspecified atom stereocenters. The van der Waals surface area contributed by atoms with Gasteiger partial charge in [0, 0.05) is 28.5 Å². The Labute approximate surface area is 206 Å². The summed E-state index contributed by atoms with van der Waals surface area (Å²) in [6.07, 6.45) is -3.37. The summed E-state index contributed by atoms with van der Waals surface area (Å²) in [5.41, 5.74) is 4.67. The van der Waals surface area contributed by atoms with E-state index in [0.29, 0.717) is 34.0 Å². The van der Waals surface area contributed by atoms with E-state index in [9.17, 15) is 22.8 Å². The minimum Gasteiger partial charge on any atom is -0.352 e. The topological polar surface area (TPSA) is 84.2 Å². The molecule has 1 atom stereocenters. The molecule has 10 heteroatoms. The number of nitrogens with two attached hydrogens (primary N) is 1. The third-order valence-corrected chi connectivity index (χ3v) is 6.24. The van der Waals surface area contributed by atoms with Crippen molar-refractivity contribution in [3.63, 3.8) is 0 Å². The highest BCUT2D eigenvalue weighted by Crippen LogP contribution is 2.51. The van der Waals surface area contributed by atoms with Crippen molar-refractivity contribution in [2.75, 3.05) is 6.54 Å². The summed E-state index contributed by atoms with van der Waals surface area (Å²) in [4.78, 5) is 26.2. The van der Waals surface area contributed by atoms with Crippen LogP contribution in [0.25, 0.3) is 0 Å². The number of alkyl halides is 3. The lowest BCUT2D eigenvalue weighted by atomic mass is 9.93. The molecule has 0 saturated heterocycles. The number of carbonyl (C=O) groups excluding carboxylic acids is 2. The first-order valence-electron chi connectivity index (χ1n) is 10.7. The van der Waals surface area contributed by atoms with Crippen LogP contribution >= 0.6 is 23.2 Å². The fourth-order valence-electron chi connectivity index (χ4n) is 3.63. The molecule has 4 N–H and O–H groups in total. The van der Waals surface area contributed by atoms with Gasteiger partial charge in [-0.2, -0.15) is 13.2 Å². The fourth-order valence-corrected chi connectivity index (χ4v) is 4.22. The number of carbonyl (C=O) groups is 2. The molecule has 1 saturated carbocycles. The molecule has 0 spiro atoms. The molecule has 0 aromatic heterocycles. The van der Waals surface area contributed by atoms with Gasteiger partial charge in [0.15, 0.2) is 0 Å². The van der Waals surface area contributed by atoms with Crippen LogP contribution in [0.15, 0.2) is 42.5 Å². The SMILES string of the molecule is CC(C)(N)CNC(=O)C(Cc1ccc(C(F)(F)F)cc1)NC(=O)C1(c2ccc(Cl)cc2Cl)CC1. The van der Waals surface area contributed by atoms with Crippen molar-refractivity contribution in [2.24, 2.45) is 5.73 Å². The third-order valence-electron chi connectivity index (χ3n) is 5.69. The van der Waals surface area contributed by atoms with Crippen molar-refractivity contribution in [3.8, 4) is 0 Å². The Balaban J connectivity index is 1.82. The van der Waals surface area contributed by atoms with Gasteiger partial charge in [-0.3, -0.25) is 9.59 Å². The lowest BCUT2D eigenvalue weighted by Gasteiger charge is -2.25. The number of hydrogen-bond acceptors (Lipinski definition) is 3.